The van der Waals surface area contributed by atoms with Crippen molar-refractivity contribution in [1.82, 2.24) is 29.3 Å². The molecule has 8 nitrogen and oxygen atoms in total. The lowest BCUT2D eigenvalue weighted by atomic mass is 10.1. The highest BCUT2D eigenvalue weighted by atomic mass is 19.1. The van der Waals surface area contributed by atoms with E-state index in [1.165, 1.54) is 12.1 Å². The third-order valence-electron chi connectivity index (χ3n) is 5.13. The number of nitrogens with zero attached hydrogens (tertiary/aromatic N) is 5. The van der Waals surface area contributed by atoms with Crippen molar-refractivity contribution in [1.29, 1.82) is 0 Å². The minimum absolute atomic E-state index is 0.308. The summed E-state index contributed by atoms with van der Waals surface area (Å²) in [5.74, 6) is 1.35. The van der Waals surface area contributed by atoms with E-state index in [4.69, 9.17) is 4.42 Å². The Kier molecular flexibility index (Phi) is 4.17. The molecule has 6 rings (SSSR count). The zero-order valence-electron chi connectivity index (χ0n) is 16.7. The van der Waals surface area contributed by atoms with Crippen LogP contribution in [0.3, 0.4) is 0 Å². The van der Waals surface area contributed by atoms with Gasteiger partial charge in [-0.25, -0.2) is 19.3 Å². The average molecular weight is 425 g/mol. The van der Waals surface area contributed by atoms with Gasteiger partial charge in [0.05, 0.1) is 23.3 Å². The molecule has 4 heterocycles. The molecule has 0 aliphatic carbocycles. The molecular weight excluding hydrogens is 409 g/mol. The predicted octanol–water partition coefficient (Wildman–Crippen LogP) is 4.68. The summed E-state index contributed by atoms with van der Waals surface area (Å²) in [5, 5.41) is 3.21. The van der Waals surface area contributed by atoms with Crippen molar-refractivity contribution < 1.29 is 8.81 Å². The molecule has 0 saturated carbocycles. The van der Waals surface area contributed by atoms with Crippen LogP contribution < -0.4 is 5.32 Å². The van der Waals surface area contributed by atoms with E-state index in [9.17, 15) is 4.39 Å². The third-order valence-corrected chi connectivity index (χ3v) is 5.13. The summed E-state index contributed by atoms with van der Waals surface area (Å²) >= 11 is 0. The summed E-state index contributed by atoms with van der Waals surface area (Å²) in [7, 11) is 0. The number of hydrogen-bond acceptors (Lipinski definition) is 6. The van der Waals surface area contributed by atoms with Crippen LogP contribution in [-0.2, 0) is 6.54 Å². The van der Waals surface area contributed by atoms with Crippen molar-refractivity contribution in [2.24, 2.45) is 0 Å². The smallest absolute Gasteiger partial charge is 0.306 e. The predicted molar refractivity (Wildman–Crippen MR) is 117 cm³/mol. The van der Waals surface area contributed by atoms with Gasteiger partial charge in [0.2, 0.25) is 5.95 Å². The number of rotatable bonds is 5. The SMILES string of the molecule is Fc1ccc(-c2nc3occn3c2-c2ccnc(NCc3nc4ccccc4[nH]3)n2)cc1. The molecule has 4 aromatic heterocycles. The van der Waals surface area contributed by atoms with Gasteiger partial charge in [-0.05, 0) is 42.5 Å². The van der Waals surface area contributed by atoms with Gasteiger partial charge in [-0.3, -0.25) is 4.40 Å². The lowest BCUT2D eigenvalue weighted by Crippen LogP contribution is -2.05. The second-order valence-electron chi connectivity index (χ2n) is 7.19. The van der Waals surface area contributed by atoms with E-state index in [2.05, 4.69) is 30.2 Å². The summed E-state index contributed by atoms with van der Waals surface area (Å²) < 4.78 is 20.7. The van der Waals surface area contributed by atoms with E-state index in [1.54, 1.807) is 36.9 Å². The Morgan fingerprint density at radius 3 is 2.75 bits per heavy atom. The van der Waals surface area contributed by atoms with E-state index in [1.807, 2.05) is 28.7 Å². The molecule has 0 amide bonds. The monoisotopic (exact) mass is 425 g/mol. The molecule has 0 unspecified atom stereocenters. The Hall–Kier alpha value is -4.53. The minimum Gasteiger partial charge on any atom is -0.432 e. The first-order valence-electron chi connectivity index (χ1n) is 9.97. The lowest BCUT2D eigenvalue weighted by molar-refractivity contribution is 0.596. The Labute approximate surface area is 180 Å². The highest BCUT2D eigenvalue weighted by molar-refractivity contribution is 5.79. The fourth-order valence-electron chi connectivity index (χ4n) is 3.67. The van der Waals surface area contributed by atoms with Gasteiger partial charge in [0.15, 0.2) is 0 Å². The molecule has 2 N–H and O–H groups in total. The number of benzene rings is 2. The standard InChI is InChI=1S/C23H16FN7O/c24-15-7-5-14(6-8-15)20-21(31-11-12-32-23(31)30-20)18-9-10-25-22(29-18)26-13-19-27-16-3-1-2-4-17(16)28-19/h1-12H,13H2,(H,27,28)(H,25,26,29). The molecule has 0 bridgehead atoms. The molecule has 0 fully saturated rings. The number of hydrogen-bond donors (Lipinski definition) is 2. The van der Waals surface area contributed by atoms with E-state index in [0.717, 1.165) is 28.1 Å². The molecule has 0 atom stereocenters. The molecule has 0 radical (unpaired) electrons. The number of para-hydroxylation sites is 2. The van der Waals surface area contributed by atoms with Crippen molar-refractivity contribution in [2.45, 2.75) is 6.54 Å². The van der Waals surface area contributed by atoms with Gasteiger partial charge in [-0.2, -0.15) is 4.98 Å². The summed E-state index contributed by atoms with van der Waals surface area (Å²) in [5.41, 5.74) is 4.67. The molecule has 156 valence electrons. The van der Waals surface area contributed by atoms with Crippen LogP contribution in [0.25, 0.3) is 39.5 Å². The molecule has 6 aromatic rings. The van der Waals surface area contributed by atoms with Crippen LogP contribution in [-0.4, -0.2) is 29.3 Å². The molecule has 0 aliphatic heterocycles. The zero-order valence-corrected chi connectivity index (χ0v) is 16.7. The first-order chi connectivity index (χ1) is 15.7. The number of oxazole rings is 1. The first kappa shape index (κ1) is 18.3. The van der Waals surface area contributed by atoms with Crippen molar-refractivity contribution >= 4 is 22.8 Å². The van der Waals surface area contributed by atoms with Crippen molar-refractivity contribution in [3.8, 4) is 22.6 Å². The summed E-state index contributed by atoms with van der Waals surface area (Å²) in [6.07, 6.45) is 5.01. The van der Waals surface area contributed by atoms with Crippen LogP contribution in [0.4, 0.5) is 10.3 Å². The van der Waals surface area contributed by atoms with E-state index < -0.39 is 0 Å². The van der Waals surface area contributed by atoms with E-state index in [0.29, 0.717) is 29.7 Å². The topological polar surface area (TPSA) is 96.9 Å². The van der Waals surface area contributed by atoms with Crippen LogP contribution in [0.2, 0.25) is 0 Å². The molecule has 32 heavy (non-hydrogen) atoms. The number of aromatic amines is 1. The molecule has 0 saturated heterocycles. The second kappa shape index (κ2) is 7.31. The van der Waals surface area contributed by atoms with Crippen LogP contribution in [0.5, 0.6) is 0 Å². The fraction of sp³-hybridized carbons (Fsp3) is 0.0435. The second-order valence-corrected chi connectivity index (χ2v) is 7.19. The van der Waals surface area contributed by atoms with Gasteiger partial charge in [-0.15, -0.1) is 0 Å². The number of H-pyrrole nitrogens is 1. The van der Waals surface area contributed by atoms with Crippen LogP contribution >= 0.6 is 0 Å². The molecular formula is C23H16FN7O. The summed E-state index contributed by atoms with van der Waals surface area (Å²) in [4.78, 5) is 21.4. The van der Waals surface area contributed by atoms with E-state index >= 15 is 0 Å². The largest absolute Gasteiger partial charge is 0.432 e. The molecule has 9 heteroatoms. The highest BCUT2D eigenvalue weighted by Gasteiger charge is 2.19. The van der Waals surface area contributed by atoms with Gasteiger partial charge in [-0.1, -0.05) is 12.1 Å². The third kappa shape index (κ3) is 3.16. The first-order valence-corrected chi connectivity index (χ1v) is 9.97. The van der Waals surface area contributed by atoms with Gasteiger partial charge < -0.3 is 14.7 Å². The van der Waals surface area contributed by atoms with Gasteiger partial charge in [0, 0.05) is 18.0 Å². The maximum atomic E-state index is 13.4. The van der Waals surface area contributed by atoms with Crippen LogP contribution in [0.15, 0.2) is 77.7 Å². The maximum absolute atomic E-state index is 13.4. The number of halogens is 1. The Balaban J connectivity index is 1.35. The fourth-order valence-corrected chi connectivity index (χ4v) is 3.67. The molecule has 2 aromatic carbocycles. The van der Waals surface area contributed by atoms with Gasteiger partial charge >= 0.3 is 5.84 Å². The number of imidazole rings is 2. The van der Waals surface area contributed by atoms with Crippen molar-refractivity contribution in [2.75, 3.05) is 5.32 Å². The quantitative estimate of drug-likeness (QED) is 0.416. The highest BCUT2D eigenvalue weighted by Crippen LogP contribution is 2.32. The number of anilines is 1. The van der Waals surface area contributed by atoms with Gasteiger partial charge in [0.1, 0.15) is 29.3 Å². The van der Waals surface area contributed by atoms with E-state index in [-0.39, 0.29) is 5.82 Å². The van der Waals surface area contributed by atoms with Crippen LogP contribution in [0, 0.1) is 5.82 Å². The Morgan fingerprint density at radius 1 is 1.00 bits per heavy atom. The van der Waals surface area contributed by atoms with Crippen molar-refractivity contribution in [3.05, 3.63) is 84.9 Å². The average Bonchev–Trinajstić information content (AvgIpc) is 3.52. The summed E-state index contributed by atoms with van der Waals surface area (Å²) in [6, 6.07) is 15.8. The summed E-state index contributed by atoms with van der Waals surface area (Å²) in [6.45, 7) is 0.441. The van der Waals surface area contributed by atoms with Crippen molar-refractivity contribution in [3.63, 3.8) is 0 Å². The number of fused-ring (bicyclic) bond motifs is 2. The van der Waals surface area contributed by atoms with Crippen LogP contribution in [0.1, 0.15) is 5.82 Å². The minimum atomic E-state index is -0.308. The Bertz CT molecular complexity index is 1520. The lowest BCUT2D eigenvalue weighted by Gasteiger charge is -2.07. The number of aromatic nitrogens is 6. The normalized spacial score (nSPS) is 11.4. The molecule has 0 spiro atoms. The van der Waals surface area contributed by atoms with Gasteiger partial charge in [0.25, 0.3) is 0 Å². The molecule has 0 aliphatic rings. The maximum Gasteiger partial charge on any atom is 0.306 e. The Morgan fingerprint density at radius 2 is 1.88 bits per heavy atom. The number of nitrogens with one attached hydrogen (secondary N) is 2. The zero-order chi connectivity index (χ0) is 21.5.